The van der Waals surface area contributed by atoms with Gasteiger partial charge in [0, 0.05) is 0 Å². The molecule has 0 amide bonds. The van der Waals surface area contributed by atoms with E-state index >= 15 is 0 Å². The summed E-state index contributed by atoms with van der Waals surface area (Å²) in [5.41, 5.74) is 0.945. The average molecular weight is 240 g/mol. The van der Waals surface area contributed by atoms with Gasteiger partial charge in [0.05, 0.1) is 0 Å². The molecule has 4 atom stereocenters. The summed E-state index contributed by atoms with van der Waals surface area (Å²) in [5, 5.41) is 0. The van der Waals surface area contributed by atoms with Gasteiger partial charge < -0.3 is 0 Å². The molecule has 0 heterocycles. The van der Waals surface area contributed by atoms with Gasteiger partial charge in [-0.15, -0.1) is 0 Å². The smallest absolute Gasteiger partial charge is 0.0225 e. The first-order chi connectivity index (χ1) is 8.85. The molecular weight excluding hydrogens is 216 g/mol. The summed E-state index contributed by atoms with van der Waals surface area (Å²) in [6.45, 7) is 0. The van der Waals surface area contributed by atoms with E-state index in [0.717, 1.165) is 5.41 Å². The molecule has 18 heavy (non-hydrogen) atoms. The third kappa shape index (κ3) is 0.657. The Hall–Kier alpha value is 0. The standard InChI is InChI=1S/C18H24/c1-8-2-13-10-5-11-14-3-9-4-15(11)17(13)18(6-8,7-9)16(14)12(1)10/h8-17H,1-7H2. The van der Waals surface area contributed by atoms with E-state index in [1.165, 1.54) is 59.2 Å². The summed E-state index contributed by atoms with van der Waals surface area (Å²) >= 11 is 0. The van der Waals surface area contributed by atoms with Crippen molar-refractivity contribution < 1.29 is 0 Å². The molecule has 0 aromatic heterocycles. The number of rotatable bonds is 0. The Labute approximate surface area is 110 Å². The molecule has 10 saturated carbocycles. The van der Waals surface area contributed by atoms with Crippen molar-refractivity contribution in [2.75, 3.05) is 0 Å². The van der Waals surface area contributed by atoms with Crippen molar-refractivity contribution in [2.45, 2.75) is 44.9 Å². The maximum Gasteiger partial charge on any atom is -0.0225 e. The van der Waals surface area contributed by atoms with Gasteiger partial charge in [-0.1, -0.05) is 0 Å². The fourth-order valence-electron chi connectivity index (χ4n) is 10.3. The SMILES string of the molecule is C1C2C3CC4CC2C2C5CC6CC(C15)C3C2(C4)C6. The topological polar surface area (TPSA) is 0 Å². The van der Waals surface area contributed by atoms with Gasteiger partial charge in [-0.25, -0.2) is 0 Å². The van der Waals surface area contributed by atoms with E-state index in [-0.39, 0.29) is 0 Å². The molecule has 96 valence electrons. The molecule has 0 nitrogen and oxygen atoms in total. The molecule has 0 aliphatic heterocycles. The minimum Gasteiger partial charge on any atom is -0.0470 e. The van der Waals surface area contributed by atoms with Gasteiger partial charge in [0.1, 0.15) is 0 Å². The second-order valence-corrected chi connectivity index (χ2v) is 9.59. The summed E-state index contributed by atoms with van der Waals surface area (Å²) in [5.74, 6) is 12.3. The molecule has 0 heteroatoms. The number of hydrogen-bond acceptors (Lipinski definition) is 0. The Morgan fingerprint density at radius 1 is 0.500 bits per heavy atom. The molecule has 11 bridgehead atoms. The van der Waals surface area contributed by atoms with Crippen molar-refractivity contribution in [3.05, 3.63) is 0 Å². The monoisotopic (exact) mass is 240 g/mol. The Morgan fingerprint density at radius 2 is 0.944 bits per heavy atom. The lowest BCUT2D eigenvalue weighted by atomic mass is 9.22. The minimum atomic E-state index is 0.945. The van der Waals surface area contributed by atoms with Crippen LogP contribution in [-0.4, -0.2) is 0 Å². The highest BCUT2D eigenvalue weighted by Gasteiger charge is 2.77. The van der Waals surface area contributed by atoms with Crippen molar-refractivity contribution in [2.24, 2.45) is 64.6 Å². The fraction of sp³-hybridized carbons (Fsp3) is 1.00. The molecule has 10 rings (SSSR count). The number of hydrogen-bond donors (Lipinski definition) is 0. The summed E-state index contributed by atoms with van der Waals surface area (Å²) in [4.78, 5) is 0. The van der Waals surface area contributed by atoms with Crippen molar-refractivity contribution in [3.8, 4) is 0 Å². The Kier molecular flexibility index (Phi) is 1.18. The maximum absolute atomic E-state index is 1.71. The molecule has 10 aliphatic rings. The molecule has 4 unspecified atom stereocenters. The molecule has 0 aromatic carbocycles. The first-order valence-corrected chi connectivity index (χ1v) is 8.85. The normalized spacial score (nSPS) is 80.0. The van der Waals surface area contributed by atoms with Crippen LogP contribution in [0.15, 0.2) is 0 Å². The second kappa shape index (κ2) is 2.35. The Bertz CT molecular complexity index is 395. The average Bonchev–Trinajstić information content (AvgIpc) is 2.36. The predicted octanol–water partition coefficient (Wildman–Crippen LogP) is 3.96. The van der Waals surface area contributed by atoms with Gasteiger partial charge in [0.25, 0.3) is 0 Å². The fourth-order valence-corrected chi connectivity index (χ4v) is 10.3. The summed E-state index contributed by atoms with van der Waals surface area (Å²) < 4.78 is 0. The highest BCUT2D eigenvalue weighted by molar-refractivity contribution is 5.26. The van der Waals surface area contributed by atoms with Gasteiger partial charge in [-0.3, -0.25) is 0 Å². The van der Waals surface area contributed by atoms with Gasteiger partial charge in [0.15, 0.2) is 0 Å². The predicted molar refractivity (Wildman–Crippen MR) is 69.7 cm³/mol. The maximum atomic E-state index is 1.71. The van der Waals surface area contributed by atoms with Crippen LogP contribution in [0.3, 0.4) is 0 Å². The van der Waals surface area contributed by atoms with E-state index < -0.39 is 0 Å². The molecular formula is C18H24. The first-order valence-electron chi connectivity index (χ1n) is 8.85. The van der Waals surface area contributed by atoms with Crippen LogP contribution in [0.4, 0.5) is 0 Å². The molecule has 0 aromatic rings. The van der Waals surface area contributed by atoms with E-state index in [1.54, 1.807) is 44.9 Å². The van der Waals surface area contributed by atoms with Crippen LogP contribution in [0.1, 0.15) is 44.9 Å². The van der Waals surface area contributed by atoms with Crippen LogP contribution in [0.5, 0.6) is 0 Å². The first kappa shape index (κ1) is 9.03. The summed E-state index contributed by atoms with van der Waals surface area (Å²) in [7, 11) is 0. The zero-order valence-electron chi connectivity index (χ0n) is 11.2. The van der Waals surface area contributed by atoms with Crippen molar-refractivity contribution in [3.63, 3.8) is 0 Å². The lowest BCUT2D eigenvalue weighted by molar-refractivity contribution is -0.347. The van der Waals surface area contributed by atoms with Crippen LogP contribution >= 0.6 is 0 Å². The van der Waals surface area contributed by atoms with Crippen molar-refractivity contribution in [1.82, 2.24) is 0 Å². The van der Waals surface area contributed by atoms with E-state index in [0.29, 0.717) is 0 Å². The molecule has 10 fully saturated rings. The van der Waals surface area contributed by atoms with Gasteiger partial charge >= 0.3 is 0 Å². The van der Waals surface area contributed by atoms with Gasteiger partial charge in [-0.05, 0) is 110 Å². The lowest BCUT2D eigenvalue weighted by Gasteiger charge is -2.83. The molecule has 1 spiro atoms. The molecule has 0 N–H and O–H groups in total. The third-order valence-electron chi connectivity index (χ3n) is 9.68. The van der Waals surface area contributed by atoms with Crippen LogP contribution in [0.25, 0.3) is 0 Å². The minimum absolute atomic E-state index is 0.945. The zero-order valence-corrected chi connectivity index (χ0v) is 11.2. The van der Waals surface area contributed by atoms with Crippen LogP contribution < -0.4 is 0 Å². The Morgan fingerprint density at radius 3 is 1.39 bits per heavy atom. The van der Waals surface area contributed by atoms with Crippen molar-refractivity contribution >= 4 is 0 Å². The highest BCUT2D eigenvalue weighted by Crippen LogP contribution is 2.84. The molecule has 0 saturated heterocycles. The molecule has 10 aliphatic carbocycles. The van der Waals surface area contributed by atoms with Crippen LogP contribution in [-0.2, 0) is 0 Å². The van der Waals surface area contributed by atoms with Crippen molar-refractivity contribution in [1.29, 1.82) is 0 Å². The van der Waals surface area contributed by atoms with E-state index in [9.17, 15) is 0 Å². The zero-order chi connectivity index (χ0) is 11.2. The lowest BCUT2D eigenvalue weighted by Crippen LogP contribution is -2.77. The summed E-state index contributed by atoms with van der Waals surface area (Å²) in [6.07, 6.45) is 11.8. The van der Waals surface area contributed by atoms with Crippen LogP contribution in [0.2, 0.25) is 0 Å². The van der Waals surface area contributed by atoms with E-state index in [1.807, 2.05) is 0 Å². The quantitative estimate of drug-likeness (QED) is 0.601. The van der Waals surface area contributed by atoms with E-state index in [4.69, 9.17) is 0 Å². The largest absolute Gasteiger partial charge is 0.0470 e. The molecule has 0 radical (unpaired) electrons. The Balaban J connectivity index is 1.56. The summed E-state index contributed by atoms with van der Waals surface area (Å²) in [6, 6.07) is 0. The van der Waals surface area contributed by atoms with E-state index in [2.05, 4.69) is 0 Å². The van der Waals surface area contributed by atoms with Crippen LogP contribution in [0, 0.1) is 64.6 Å². The third-order valence-corrected chi connectivity index (χ3v) is 9.68. The van der Waals surface area contributed by atoms with Gasteiger partial charge in [0.2, 0.25) is 0 Å². The second-order valence-electron chi connectivity index (χ2n) is 9.59. The van der Waals surface area contributed by atoms with Gasteiger partial charge in [-0.2, -0.15) is 0 Å². The highest BCUT2D eigenvalue weighted by atomic mass is 14.8.